The molecule has 0 aliphatic rings. The Morgan fingerprint density at radius 2 is 1.83 bits per heavy atom. The summed E-state index contributed by atoms with van der Waals surface area (Å²) in [6.45, 7) is 3.36. The van der Waals surface area contributed by atoms with Gasteiger partial charge < -0.3 is 9.64 Å². The third-order valence-electron chi connectivity index (χ3n) is 4.42. The number of likely N-dealkylation sites (N-methyl/N-ethyl adjacent to an activating group) is 1. The fourth-order valence-corrected chi connectivity index (χ4v) is 4.26. The summed E-state index contributed by atoms with van der Waals surface area (Å²) >= 11 is 6.03. The van der Waals surface area contributed by atoms with Crippen molar-refractivity contribution in [3.05, 3.63) is 58.9 Å². The molecule has 9 heteroatoms. The zero-order valence-electron chi connectivity index (χ0n) is 16.6. The smallest absolute Gasteiger partial charge is 0.241 e. The van der Waals surface area contributed by atoms with Crippen molar-refractivity contribution in [2.75, 3.05) is 14.2 Å². The number of sulfonamides is 1. The number of ether oxygens (including phenoxy) is 1. The van der Waals surface area contributed by atoms with E-state index in [1.807, 2.05) is 0 Å². The summed E-state index contributed by atoms with van der Waals surface area (Å²) in [6, 6.07) is 9.06. The number of nitrogens with one attached hydrogen (secondary N) is 1. The van der Waals surface area contributed by atoms with E-state index in [9.17, 15) is 17.6 Å². The highest BCUT2D eigenvalue weighted by molar-refractivity contribution is 7.89. The SMILES string of the molecule is COc1ccc(S(=O)(=O)NC(C(=O)N(C)Cc2c(F)cccc2Cl)C(C)C)cc1. The van der Waals surface area contributed by atoms with E-state index in [0.29, 0.717) is 5.75 Å². The van der Waals surface area contributed by atoms with Crippen LogP contribution in [-0.2, 0) is 21.4 Å². The molecular weight excluding hydrogens is 419 g/mol. The summed E-state index contributed by atoms with van der Waals surface area (Å²) in [5, 5.41) is 0.199. The van der Waals surface area contributed by atoms with Crippen LogP contribution in [0.25, 0.3) is 0 Å². The molecule has 1 unspecified atom stereocenters. The van der Waals surface area contributed by atoms with Crippen molar-refractivity contribution in [3.8, 4) is 5.75 Å². The Kier molecular flexibility index (Phi) is 7.62. The number of rotatable bonds is 8. The average Bonchev–Trinajstić information content (AvgIpc) is 2.68. The molecule has 2 rings (SSSR count). The number of hydrogen-bond donors (Lipinski definition) is 1. The number of nitrogens with zero attached hydrogens (tertiary/aromatic N) is 1. The zero-order valence-corrected chi connectivity index (χ0v) is 18.2. The highest BCUT2D eigenvalue weighted by Gasteiger charge is 2.31. The van der Waals surface area contributed by atoms with Crippen LogP contribution in [0.3, 0.4) is 0 Å². The van der Waals surface area contributed by atoms with Gasteiger partial charge in [0.05, 0.1) is 12.0 Å². The molecule has 0 aromatic heterocycles. The maximum Gasteiger partial charge on any atom is 0.241 e. The van der Waals surface area contributed by atoms with Crippen molar-refractivity contribution in [1.29, 1.82) is 0 Å². The van der Waals surface area contributed by atoms with Gasteiger partial charge in [0.15, 0.2) is 0 Å². The average molecular weight is 443 g/mol. The Morgan fingerprint density at radius 3 is 2.34 bits per heavy atom. The fourth-order valence-electron chi connectivity index (χ4n) is 2.70. The quantitative estimate of drug-likeness (QED) is 0.679. The molecule has 0 aliphatic carbocycles. The summed E-state index contributed by atoms with van der Waals surface area (Å²) in [6.07, 6.45) is 0. The lowest BCUT2D eigenvalue weighted by Crippen LogP contribution is -2.49. The van der Waals surface area contributed by atoms with Crippen molar-refractivity contribution in [2.45, 2.75) is 31.3 Å². The summed E-state index contributed by atoms with van der Waals surface area (Å²) < 4.78 is 47.0. The van der Waals surface area contributed by atoms with Crippen LogP contribution in [0, 0.1) is 11.7 Å². The molecule has 1 atom stereocenters. The van der Waals surface area contributed by atoms with Gasteiger partial charge in [-0.25, -0.2) is 12.8 Å². The molecule has 0 saturated heterocycles. The third-order valence-corrected chi connectivity index (χ3v) is 6.23. The van der Waals surface area contributed by atoms with Gasteiger partial charge in [-0.2, -0.15) is 4.72 Å². The van der Waals surface area contributed by atoms with Gasteiger partial charge >= 0.3 is 0 Å². The van der Waals surface area contributed by atoms with Gasteiger partial charge in [0, 0.05) is 24.2 Å². The van der Waals surface area contributed by atoms with Crippen LogP contribution in [0.4, 0.5) is 4.39 Å². The van der Waals surface area contributed by atoms with Crippen LogP contribution >= 0.6 is 11.6 Å². The molecule has 1 N–H and O–H groups in total. The van der Waals surface area contributed by atoms with Crippen molar-refractivity contribution >= 4 is 27.5 Å². The molecule has 0 radical (unpaired) electrons. The second-order valence-electron chi connectivity index (χ2n) is 6.91. The van der Waals surface area contributed by atoms with E-state index in [1.54, 1.807) is 13.8 Å². The Bertz CT molecular complexity index is 945. The molecule has 158 valence electrons. The Labute approximate surface area is 175 Å². The van der Waals surface area contributed by atoms with Crippen LogP contribution in [0.15, 0.2) is 47.4 Å². The fraction of sp³-hybridized carbons (Fsp3) is 0.350. The number of hydrogen-bond acceptors (Lipinski definition) is 4. The lowest BCUT2D eigenvalue weighted by Gasteiger charge is -2.27. The summed E-state index contributed by atoms with van der Waals surface area (Å²) in [5.41, 5.74) is 0.172. The molecule has 0 heterocycles. The molecular formula is C20H24ClFN2O4S. The number of carbonyl (C=O) groups excluding carboxylic acids is 1. The van der Waals surface area contributed by atoms with E-state index in [-0.39, 0.29) is 27.9 Å². The zero-order chi connectivity index (χ0) is 21.8. The molecule has 2 aromatic rings. The van der Waals surface area contributed by atoms with Crippen LogP contribution in [0.1, 0.15) is 19.4 Å². The second kappa shape index (κ2) is 9.56. The van der Waals surface area contributed by atoms with Crippen molar-refractivity contribution in [3.63, 3.8) is 0 Å². The molecule has 0 bridgehead atoms. The number of methoxy groups -OCH3 is 1. The largest absolute Gasteiger partial charge is 0.497 e. The van der Waals surface area contributed by atoms with Gasteiger partial charge in [0.2, 0.25) is 15.9 Å². The second-order valence-corrected chi connectivity index (χ2v) is 9.03. The van der Waals surface area contributed by atoms with E-state index < -0.39 is 27.8 Å². The minimum atomic E-state index is -3.95. The maximum absolute atomic E-state index is 14.0. The monoisotopic (exact) mass is 442 g/mol. The van der Waals surface area contributed by atoms with E-state index in [1.165, 1.54) is 61.5 Å². The van der Waals surface area contributed by atoms with Gasteiger partial charge in [-0.3, -0.25) is 4.79 Å². The lowest BCUT2D eigenvalue weighted by molar-refractivity contribution is -0.133. The number of benzene rings is 2. The predicted molar refractivity (Wildman–Crippen MR) is 110 cm³/mol. The molecule has 6 nitrogen and oxygen atoms in total. The van der Waals surface area contributed by atoms with Crippen molar-refractivity contribution < 1.29 is 22.3 Å². The molecule has 29 heavy (non-hydrogen) atoms. The van der Waals surface area contributed by atoms with Gasteiger partial charge in [0.1, 0.15) is 17.6 Å². The number of carbonyl (C=O) groups is 1. The minimum absolute atomic E-state index is 0.0107. The van der Waals surface area contributed by atoms with E-state index in [4.69, 9.17) is 16.3 Å². The van der Waals surface area contributed by atoms with Crippen LogP contribution < -0.4 is 9.46 Å². The first-order valence-electron chi connectivity index (χ1n) is 8.91. The number of halogens is 2. The van der Waals surface area contributed by atoms with Crippen molar-refractivity contribution in [2.24, 2.45) is 5.92 Å². The Morgan fingerprint density at radius 1 is 1.21 bits per heavy atom. The van der Waals surface area contributed by atoms with Gasteiger partial charge in [-0.15, -0.1) is 0 Å². The third kappa shape index (κ3) is 5.68. The van der Waals surface area contributed by atoms with Crippen molar-refractivity contribution in [1.82, 2.24) is 9.62 Å². The molecule has 0 spiro atoms. The van der Waals surface area contributed by atoms with Crippen LogP contribution in [-0.4, -0.2) is 39.4 Å². The topological polar surface area (TPSA) is 75.7 Å². The summed E-state index contributed by atoms with van der Waals surface area (Å²) in [7, 11) is -0.997. The van der Waals surface area contributed by atoms with Gasteiger partial charge in [-0.05, 0) is 42.3 Å². The first-order chi connectivity index (χ1) is 13.6. The minimum Gasteiger partial charge on any atom is -0.497 e. The van der Waals surface area contributed by atoms with Crippen LogP contribution in [0.2, 0.25) is 5.02 Å². The molecule has 0 saturated carbocycles. The highest BCUT2D eigenvalue weighted by atomic mass is 35.5. The van der Waals surface area contributed by atoms with Gasteiger partial charge in [0.25, 0.3) is 0 Å². The highest BCUT2D eigenvalue weighted by Crippen LogP contribution is 2.22. The molecule has 0 aliphatic heterocycles. The summed E-state index contributed by atoms with van der Waals surface area (Å²) in [5.74, 6) is -0.843. The Hall–Kier alpha value is -2.16. The molecule has 2 aromatic carbocycles. The Balaban J connectivity index is 2.22. The van der Waals surface area contributed by atoms with E-state index in [2.05, 4.69) is 4.72 Å². The predicted octanol–water partition coefficient (Wildman–Crippen LogP) is 3.45. The summed E-state index contributed by atoms with van der Waals surface area (Å²) in [4.78, 5) is 14.2. The number of amides is 1. The maximum atomic E-state index is 14.0. The van der Waals surface area contributed by atoms with Crippen LogP contribution in [0.5, 0.6) is 5.75 Å². The standard InChI is InChI=1S/C20H24ClFN2O4S/c1-13(2)19(23-29(26,27)15-10-8-14(28-4)9-11-15)20(25)24(3)12-16-17(21)6-5-7-18(16)22/h5-11,13,19,23H,12H2,1-4H3. The van der Waals surface area contributed by atoms with E-state index >= 15 is 0 Å². The molecule has 0 fully saturated rings. The normalized spacial score (nSPS) is 12.7. The van der Waals surface area contributed by atoms with E-state index in [0.717, 1.165) is 0 Å². The lowest BCUT2D eigenvalue weighted by atomic mass is 10.0. The first-order valence-corrected chi connectivity index (χ1v) is 10.8. The van der Waals surface area contributed by atoms with Gasteiger partial charge in [-0.1, -0.05) is 31.5 Å². The molecule has 1 amide bonds. The first kappa shape index (κ1) is 23.1.